The van der Waals surface area contributed by atoms with E-state index in [1.807, 2.05) is 24.3 Å². The highest BCUT2D eigenvalue weighted by Gasteiger charge is 2.01. The minimum absolute atomic E-state index is 0.494. The first-order chi connectivity index (χ1) is 8.70. The quantitative estimate of drug-likeness (QED) is 0.639. The van der Waals surface area contributed by atoms with Gasteiger partial charge in [0.05, 0.1) is 12.8 Å². The molecule has 0 aliphatic rings. The number of ether oxygens (including phenoxy) is 1. The van der Waals surface area contributed by atoms with Gasteiger partial charge in [-0.25, -0.2) is 0 Å². The number of benzene rings is 2. The van der Waals surface area contributed by atoms with Crippen molar-refractivity contribution in [1.82, 2.24) is 0 Å². The molecule has 0 saturated carbocycles. The zero-order valence-corrected chi connectivity index (χ0v) is 10.00. The molecule has 2 rings (SSSR count). The first-order valence-electron chi connectivity index (χ1n) is 5.40. The zero-order valence-electron chi connectivity index (χ0n) is 10.00. The van der Waals surface area contributed by atoms with E-state index >= 15 is 0 Å². The van der Waals surface area contributed by atoms with Crippen LogP contribution in [0.2, 0.25) is 0 Å². The van der Waals surface area contributed by atoms with Gasteiger partial charge in [0.15, 0.2) is 0 Å². The molecule has 0 amide bonds. The highest BCUT2D eigenvalue weighted by atomic mass is 16.5. The maximum absolute atomic E-state index is 5.79. The molecule has 0 aliphatic carbocycles. The Morgan fingerprint density at radius 3 is 2.39 bits per heavy atom. The number of hydrogen-bond donors (Lipinski definition) is 2. The molecule has 18 heavy (non-hydrogen) atoms. The van der Waals surface area contributed by atoms with Crippen molar-refractivity contribution in [1.29, 1.82) is 0 Å². The lowest BCUT2D eigenvalue weighted by Gasteiger charge is -2.03. The van der Waals surface area contributed by atoms with Gasteiger partial charge >= 0.3 is 0 Å². The fourth-order valence-corrected chi connectivity index (χ4v) is 1.48. The molecule has 0 bridgehead atoms. The van der Waals surface area contributed by atoms with E-state index < -0.39 is 0 Å². The van der Waals surface area contributed by atoms with Gasteiger partial charge in [-0.1, -0.05) is 12.1 Å². The monoisotopic (exact) mass is 242 g/mol. The van der Waals surface area contributed by atoms with Gasteiger partial charge in [0.25, 0.3) is 0 Å². The molecule has 0 fully saturated rings. The second-order valence-corrected chi connectivity index (χ2v) is 3.69. The van der Waals surface area contributed by atoms with Crippen molar-refractivity contribution < 1.29 is 4.74 Å². The van der Waals surface area contributed by atoms with Gasteiger partial charge in [0.1, 0.15) is 17.1 Å². The topological polar surface area (TPSA) is 86.0 Å². The Kier molecular flexibility index (Phi) is 3.43. The summed E-state index contributed by atoms with van der Waals surface area (Å²) in [6.07, 6.45) is 0. The van der Waals surface area contributed by atoms with E-state index in [0.717, 1.165) is 0 Å². The van der Waals surface area contributed by atoms with Gasteiger partial charge in [-0.15, -0.1) is 10.2 Å². The Hall–Kier alpha value is -2.56. The van der Waals surface area contributed by atoms with Crippen LogP contribution in [0.25, 0.3) is 0 Å². The first kappa shape index (κ1) is 11.9. The SMILES string of the molecule is COc1ccccc1N=Nc1ccc(N)cc1N. The number of rotatable bonds is 3. The largest absolute Gasteiger partial charge is 0.494 e. The summed E-state index contributed by atoms with van der Waals surface area (Å²) >= 11 is 0. The lowest BCUT2D eigenvalue weighted by molar-refractivity contribution is 0.416. The maximum atomic E-state index is 5.79. The van der Waals surface area contributed by atoms with E-state index in [0.29, 0.717) is 28.5 Å². The maximum Gasteiger partial charge on any atom is 0.146 e. The fraction of sp³-hybridized carbons (Fsp3) is 0.0769. The van der Waals surface area contributed by atoms with Gasteiger partial charge in [0, 0.05) is 5.69 Å². The van der Waals surface area contributed by atoms with Crippen LogP contribution in [-0.4, -0.2) is 7.11 Å². The number of nitrogen functional groups attached to an aromatic ring is 2. The van der Waals surface area contributed by atoms with Crippen molar-refractivity contribution in [2.75, 3.05) is 18.6 Å². The third kappa shape index (κ3) is 2.57. The molecule has 0 saturated heterocycles. The molecule has 0 aromatic heterocycles. The zero-order chi connectivity index (χ0) is 13.0. The van der Waals surface area contributed by atoms with Gasteiger partial charge in [-0.05, 0) is 30.3 Å². The van der Waals surface area contributed by atoms with Crippen LogP contribution < -0.4 is 16.2 Å². The van der Waals surface area contributed by atoms with Crippen LogP contribution >= 0.6 is 0 Å². The molecule has 5 heteroatoms. The summed E-state index contributed by atoms with van der Waals surface area (Å²) < 4.78 is 5.18. The van der Waals surface area contributed by atoms with Gasteiger partial charge in [-0.2, -0.15) is 0 Å². The minimum atomic E-state index is 0.494. The number of methoxy groups -OCH3 is 1. The van der Waals surface area contributed by atoms with Crippen molar-refractivity contribution in [3.63, 3.8) is 0 Å². The van der Waals surface area contributed by atoms with Crippen LogP contribution in [0.1, 0.15) is 0 Å². The molecular weight excluding hydrogens is 228 g/mol. The number of anilines is 2. The highest BCUT2D eigenvalue weighted by Crippen LogP contribution is 2.30. The Morgan fingerprint density at radius 1 is 0.944 bits per heavy atom. The molecule has 92 valence electrons. The number of nitrogens with two attached hydrogens (primary N) is 2. The Bertz CT molecular complexity index is 581. The molecule has 0 heterocycles. The summed E-state index contributed by atoms with van der Waals surface area (Å²) in [5.74, 6) is 0.662. The summed E-state index contributed by atoms with van der Waals surface area (Å²) in [5, 5.41) is 8.21. The molecule has 0 unspecified atom stereocenters. The summed E-state index contributed by atoms with van der Waals surface area (Å²) in [6.45, 7) is 0. The molecule has 5 nitrogen and oxygen atoms in total. The Balaban J connectivity index is 2.30. The third-order valence-corrected chi connectivity index (χ3v) is 2.40. The molecular formula is C13H14N4O. The lowest BCUT2D eigenvalue weighted by atomic mass is 10.2. The minimum Gasteiger partial charge on any atom is -0.494 e. The van der Waals surface area contributed by atoms with Crippen LogP contribution in [0.15, 0.2) is 52.7 Å². The predicted molar refractivity (Wildman–Crippen MR) is 72.4 cm³/mol. The predicted octanol–water partition coefficient (Wildman–Crippen LogP) is 3.28. The molecule has 2 aromatic carbocycles. The molecule has 0 radical (unpaired) electrons. The van der Waals surface area contributed by atoms with Crippen LogP contribution in [0.4, 0.5) is 22.7 Å². The van der Waals surface area contributed by atoms with Crippen LogP contribution in [-0.2, 0) is 0 Å². The normalized spacial score (nSPS) is 10.7. The number of azo groups is 1. The first-order valence-corrected chi connectivity index (χ1v) is 5.40. The smallest absolute Gasteiger partial charge is 0.146 e. The fourth-order valence-electron chi connectivity index (χ4n) is 1.48. The van der Waals surface area contributed by atoms with Gasteiger partial charge in [-0.3, -0.25) is 0 Å². The number of para-hydroxylation sites is 1. The highest BCUT2D eigenvalue weighted by molar-refractivity contribution is 5.67. The summed E-state index contributed by atoms with van der Waals surface area (Å²) in [5.41, 5.74) is 13.7. The van der Waals surface area contributed by atoms with Gasteiger partial charge in [0.2, 0.25) is 0 Å². The molecule has 0 atom stereocenters. The van der Waals surface area contributed by atoms with Crippen LogP contribution in [0, 0.1) is 0 Å². The second kappa shape index (κ2) is 5.18. The van der Waals surface area contributed by atoms with Crippen molar-refractivity contribution in [2.45, 2.75) is 0 Å². The van der Waals surface area contributed by atoms with E-state index in [1.54, 1.807) is 25.3 Å². The summed E-state index contributed by atoms with van der Waals surface area (Å²) in [7, 11) is 1.59. The summed E-state index contributed by atoms with van der Waals surface area (Å²) in [4.78, 5) is 0. The van der Waals surface area contributed by atoms with Crippen molar-refractivity contribution in [3.05, 3.63) is 42.5 Å². The number of nitrogens with zero attached hydrogens (tertiary/aromatic N) is 2. The van der Waals surface area contributed by atoms with E-state index in [2.05, 4.69) is 10.2 Å². The van der Waals surface area contributed by atoms with Crippen LogP contribution in [0.3, 0.4) is 0 Å². The van der Waals surface area contributed by atoms with Crippen molar-refractivity contribution in [3.8, 4) is 5.75 Å². The van der Waals surface area contributed by atoms with E-state index in [-0.39, 0.29) is 0 Å². The average molecular weight is 242 g/mol. The summed E-state index contributed by atoms with van der Waals surface area (Å²) in [6, 6.07) is 12.5. The number of hydrogen-bond acceptors (Lipinski definition) is 5. The Labute approximate surface area is 105 Å². The third-order valence-electron chi connectivity index (χ3n) is 2.40. The molecule has 0 spiro atoms. The second-order valence-electron chi connectivity index (χ2n) is 3.69. The van der Waals surface area contributed by atoms with Crippen LogP contribution in [0.5, 0.6) is 5.75 Å². The van der Waals surface area contributed by atoms with Crippen molar-refractivity contribution >= 4 is 22.7 Å². The van der Waals surface area contributed by atoms with Crippen molar-refractivity contribution in [2.24, 2.45) is 10.2 Å². The lowest BCUT2D eigenvalue weighted by Crippen LogP contribution is -1.89. The molecule has 2 aromatic rings. The molecule has 0 aliphatic heterocycles. The van der Waals surface area contributed by atoms with E-state index in [4.69, 9.17) is 16.2 Å². The standard InChI is InChI=1S/C13H14N4O/c1-18-13-5-3-2-4-12(13)17-16-11-7-6-9(14)8-10(11)15/h2-8H,14-15H2,1H3. The Morgan fingerprint density at radius 2 is 1.67 bits per heavy atom. The van der Waals surface area contributed by atoms with E-state index in [1.165, 1.54) is 0 Å². The van der Waals surface area contributed by atoms with E-state index in [9.17, 15) is 0 Å². The van der Waals surface area contributed by atoms with Gasteiger partial charge < -0.3 is 16.2 Å². The molecule has 4 N–H and O–H groups in total. The average Bonchev–Trinajstić information content (AvgIpc) is 2.38.